The predicted octanol–water partition coefficient (Wildman–Crippen LogP) is 4.15. The molecule has 0 radical (unpaired) electrons. The quantitative estimate of drug-likeness (QED) is 0.405. The summed E-state index contributed by atoms with van der Waals surface area (Å²) >= 11 is 0. The number of ether oxygens (including phenoxy) is 1. The number of rotatable bonds is 4. The van der Waals surface area contributed by atoms with Crippen LogP contribution in [0.3, 0.4) is 0 Å². The zero-order chi connectivity index (χ0) is 19.0. The van der Waals surface area contributed by atoms with E-state index in [1.807, 2.05) is 60.0 Å². The molecule has 0 saturated heterocycles. The van der Waals surface area contributed by atoms with E-state index >= 15 is 0 Å². The summed E-state index contributed by atoms with van der Waals surface area (Å²) in [5.74, 6) is -0.456. The Hall–Kier alpha value is -3.34. The maximum Gasteiger partial charge on any atom is 0.355 e. The van der Waals surface area contributed by atoms with Gasteiger partial charge in [-0.3, -0.25) is 0 Å². The molecular weight excluding hydrogens is 342 g/mol. The van der Waals surface area contributed by atoms with Crippen LogP contribution in [0, 0.1) is 0 Å². The van der Waals surface area contributed by atoms with E-state index in [4.69, 9.17) is 9.15 Å². The van der Waals surface area contributed by atoms with Crippen molar-refractivity contribution in [1.29, 1.82) is 0 Å². The summed E-state index contributed by atoms with van der Waals surface area (Å²) in [4.78, 5) is 25.4. The lowest BCUT2D eigenvalue weighted by Crippen LogP contribution is -2.13. The lowest BCUT2D eigenvalue weighted by Gasteiger charge is -2.11. The van der Waals surface area contributed by atoms with Crippen LogP contribution < -0.4 is 5.63 Å². The largest absolute Gasteiger partial charge is 0.464 e. The van der Waals surface area contributed by atoms with Gasteiger partial charge >= 0.3 is 11.6 Å². The molecule has 0 atom stereocenters. The minimum Gasteiger partial charge on any atom is -0.464 e. The van der Waals surface area contributed by atoms with E-state index in [1.54, 1.807) is 6.07 Å². The van der Waals surface area contributed by atoms with Gasteiger partial charge in [0.2, 0.25) is 0 Å². The Kier molecular flexibility index (Phi) is 4.28. The zero-order valence-corrected chi connectivity index (χ0v) is 15.2. The van der Waals surface area contributed by atoms with Crippen molar-refractivity contribution in [2.24, 2.45) is 0 Å². The van der Waals surface area contributed by atoms with Crippen molar-refractivity contribution in [3.05, 3.63) is 81.8 Å². The van der Waals surface area contributed by atoms with Crippen LogP contribution in [0.4, 0.5) is 0 Å². The first-order valence-corrected chi connectivity index (χ1v) is 8.84. The topological polar surface area (TPSA) is 61.4 Å². The van der Waals surface area contributed by atoms with Gasteiger partial charge in [-0.25, -0.2) is 9.59 Å². The highest BCUT2D eigenvalue weighted by atomic mass is 16.5. The summed E-state index contributed by atoms with van der Waals surface area (Å²) in [6.07, 6.45) is 0.520. The van der Waals surface area contributed by atoms with Crippen LogP contribution in [0.25, 0.3) is 21.9 Å². The number of aromatic nitrogens is 1. The number of aryl methyl sites for hydroxylation is 1. The Morgan fingerprint density at radius 3 is 2.48 bits per heavy atom. The molecule has 27 heavy (non-hydrogen) atoms. The van der Waals surface area contributed by atoms with E-state index in [0.717, 1.165) is 10.9 Å². The Labute approximate surface area is 155 Å². The molecule has 5 nitrogen and oxygen atoms in total. The fourth-order valence-corrected chi connectivity index (χ4v) is 3.67. The van der Waals surface area contributed by atoms with Crippen LogP contribution in [-0.2, 0) is 17.7 Å². The number of benzene rings is 2. The average molecular weight is 361 g/mol. The van der Waals surface area contributed by atoms with Crippen molar-refractivity contribution in [3.8, 4) is 0 Å². The molecule has 4 aromatic rings. The number of carbonyl (C=O) groups excluding carboxylic acids is 1. The lowest BCUT2D eigenvalue weighted by molar-refractivity contribution is 0.0588. The monoisotopic (exact) mass is 361 g/mol. The van der Waals surface area contributed by atoms with E-state index in [1.165, 1.54) is 7.11 Å². The van der Waals surface area contributed by atoms with Gasteiger partial charge in [0.25, 0.3) is 0 Å². The van der Waals surface area contributed by atoms with E-state index in [-0.39, 0.29) is 0 Å². The molecule has 0 aliphatic carbocycles. The van der Waals surface area contributed by atoms with Crippen LogP contribution in [0.1, 0.15) is 28.5 Å². The van der Waals surface area contributed by atoms with Crippen LogP contribution >= 0.6 is 0 Å². The minimum absolute atomic E-state index is 0.405. The maximum absolute atomic E-state index is 12.8. The van der Waals surface area contributed by atoms with Crippen molar-refractivity contribution in [2.45, 2.75) is 19.9 Å². The minimum atomic E-state index is -0.456. The molecule has 2 aromatic carbocycles. The van der Waals surface area contributed by atoms with E-state index in [9.17, 15) is 9.59 Å². The molecule has 0 aliphatic heterocycles. The lowest BCUT2D eigenvalue weighted by atomic mass is 10.1. The summed E-state index contributed by atoms with van der Waals surface area (Å²) in [6, 6.07) is 17.2. The van der Waals surface area contributed by atoms with Gasteiger partial charge in [0.15, 0.2) is 0 Å². The molecule has 0 spiro atoms. The molecule has 4 rings (SSSR count). The van der Waals surface area contributed by atoms with Gasteiger partial charge < -0.3 is 13.7 Å². The molecule has 0 amide bonds. The Morgan fingerprint density at radius 2 is 1.78 bits per heavy atom. The second-order valence-electron chi connectivity index (χ2n) is 6.35. The number of hydrogen-bond donors (Lipinski definition) is 0. The number of esters is 1. The van der Waals surface area contributed by atoms with Gasteiger partial charge in [-0.05, 0) is 29.7 Å². The third-order valence-corrected chi connectivity index (χ3v) is 4.83. The number of fused-ring (bicyclic) bond motifs is 3. The standard InChI is InChI=1S/C22H19NO4/c1-3-15-18-19(16-11-7-8-12-17(16)27-21(18)24)23(20(15)22(25)26-2)13-14-9-5-4-6-10-14/h4-12H,3,13H2,1-2H3. The van der Waals surface area contributed by atoms with E-state index in [0.29, 0.717) is 40.7 Å². The second kappa shape index (κ2) is 6.76. The fourth-order valence-electron chi connectivity index (χ4n) is 3.67. The molecule has 0 saturated carbocycles. The summed E-state index contributed by atoms with van der Waals surface area (Å²) in [5, 5.41) is 1.25. The van der Waals surface area contributed by atoms with Crippen molar-refractivity contribution >= 4 is 27.8 Å². The highest BCUT2D eigenvalue weighted by Crippen LogP contribution is 2.31. The molecule has 0 aliphatic rings. The molecule has 0 fully saturated rings. The third kappa shape index (κ3) is 2.72. The Morgan fingerprint density at radius 1 is 1.07 bits per heavy atom. The normalized spacial score (nSPS) is 11.2. The molecule has 136 valence electrons. The van der Waals surface area contributed by atoms with E-state index in [2.05, 4.69) is 0 Å². The second-order valence-corrected chi connectivity index (χ2v) is 6.35. The smallest absolute Gasteiger partial charge is 0.355 e. The number of nitrogens with zero attached hydrogens (tertiary/aromatic N) is 1. The van der Waals surface area contributed by atoms with Crippen molar-refractivity contribution < 1.29 is 13.9 Å². The van der Waals surface area contributed by atoms with Crippen molar-refractivity contribution in [3.63, 3.8) is 0 Å². The molecular formula is C22H19NO4. The van der Waals surface area contributed by atoms with Crippen LogP contribution in [0.5, 0.6) is 0 Å². The van der Waals surface area contributed by atoms with Gasteiger partial charge in [-0.1, -0.05) is 49.4 Å². The van der Waals surface area contributed by atoms with Gasteiger partial charge in [0, 0.05) is 11.9 Å². The summed E-state index contributed by atoms with van der Waals surface area (Å²) in [5.41, 5.74) is 2.87. The summed E-state index contributed by atoms with van der Waals surface area (Å²) < 4.78 is 12.5. The summed E-state index contributed by atoms with van der Waals surface area (Å²) in [6.45, 7) is 2.37. The molecule has 0 bridgehead atoms. The highest BCUT2D eigenvalue weighted by Gasteiger charge is 2.26. The number of carbonyl (C=O) groups is 1. The molecule has 2 heterocycles. The number of methoxy groups -OCH3 is 1. The number of para-hydroxylation sites is 1. The predicted molar refractivity (Wildman–Crippen MR) is 104 cm³/mol. The van der Waals surface area contributed by atoms with Crippen molar-refractivity contribution in [2.75, 3.05) is 7.11 Å². The van der Waals surface area contributed by atoms with E-state index < -0.39 is 11.6 Å². The van der Waals surface area contributed by atoms with Gasteiger partial charge in [0.05, 0.1) is 18.0 Å². The van der Waals surface area contributed by atoms with Gasteiger partial charge in [-0.2, -0.15) is 0 Å². The third-order valence-electron chi connectivity index (χ3n) is 4.83. The first-order chi connectivity index (χ1) is 13.2. The zero-order valence-electron chi connectivity index (χ0n) is 15.2. The molecule has 0 N–H and O–H groups in total. The maximum atomic E-state index is 12.8. The molecule has 5 heteroatoms. The summed E-state index contributed by atoms with van der Waals surface area (Å²) in [7, 11) is 1.35. The highest BCUT2D eigenvalue weighted by molar-refractivity contribution is 6.08. The first-order valence-electron chi connectivity index (χ1n) is 8.84. The van der Waals surface area contributed by atoms with Gasteiger partial charge in [0.1, 0.15) is 11.3 Å². The molecule has 0 unspecified atom stereocenters. The SMILES string of the molecule is CCc1c(C(=O)OC)n(Cc2ccccc2)c2c1c(=O)oc1ccccc12. The Balaban J connectivity index is 2.17. The Bertz CT molecular complexity index is 1200. The van der Waals surface area contributed by atoms with Crippen LogP contribution in [0.15, 0.2) is 63.8 Å². The van der Waals surface area contributed by atoms with Crippen molar-refractivity contribution in [1.82, 2.24) is 4.57 Å². The fraction of sp³-hybridized carbons (Fsp3) is 0.182. The first kappa shape index (κ1) is 17.1. The van der Waals surface area contributed by atoms with Crippen LogP contribution in [-0.4, -0.2) is 17.6 Å². The van der Waals surface area contributed by atoms with Crippen LogP contribution in [0.2, 0.25) is 0 Å². The average Bonchev–Trinajstić information content (AvgIpc) is 3.03. The molecule has 2 aromatic heterocycles. The van der Waals surface area contributed by atoms with Gasteiger partial charge in [-0.15, -0.1) is 0 Å². The number of hydrogen-bond acceptors (Lipinski definition) is 4.